The molecule has 86 valence electrons. The highest BCUT2D eigenvalue weighted by atomic mass is 35.5. The third-order valence-electron chi connectivity index (χ3n) is 2.26. The Labute approximate surface area is 97.5 Å². The number of hydrogen-bond donors (Lipinski definition) is 1. The number of nitrogens with zero attached hydrogens (tertiary/aromatic N) is 1. The number of carbonyl (C=O) groups excluding carboxylic acids is 1. The molecule has 1 aliphatic heterocycles. The SMILES string of the molecule is Nc1ncc(Cl)cc1C(=O)C1COCCO1. The van der Waals surface area contributed by atoms with Crippen molar-refractivity contribution in [1.29, 1.82) is 0 Å². The second-order valence-corrected chi connectivity index (χ2v) is 3.82. The first-order valence-corrected chi connectivity index (χ1v) is 5.21. The number of pyridine rings is 1. The Kier molecular flexibility index (Phi) is 3.38. The van der Waals surface area contributed by atoms with Gasteiger partial charge >= 0.3 is 0 Å². The van der Waals surface area contributed by atoms with Crippen molar-refractivity contribution < 1.29 is 14.3 Å². The number of rotatable bonds is 2. The van der Waals surface area contributed by atoms with Gasteiger partial charge in [0.15, 0.2) is 5.78 Å². The molecule has 1 saturated heterocycles. The highest BCUT2D eigenvalue weighted by molar-refractivity contribution is 6.31. The third-order valence-corrected chi connectivity index (χ3v) is 2.47. The lowest BCUT2D eigenvalue weighted by molar-refractivity contribution is -0.0718. The van der Waals surface area contributed by atoms with Gasteiger partial charge in [0.05, 0.1) is 30.4 Å². The van der Waals surface area contributed by atoms with Gasteiger partial charge in [-0.2, -0.15) is 0 Å². The van der Waals surface area contributed by atoms with E-state index < -0.39 is 6.10 Å². The first-order chi connectivity index (χ1) is 7.68. The van der Waals surface area contributed by atoms with Crippen LogP contribution in [0.25, 0.3) is 0 Å². The molecule has 5 nitrogen and oxygen atoms in total. The van der Waals surface area contributed by atoms with Gasteiger partial charge in [-0.1, -0.05) is 11.6 Å². The van der Waals surface area contributed by atoms with Crippen LogP contribution in [-0.4, -0.2) is 36.7 Å². The Morgan fingerprint density at radius 3 is 3.06 bits per heavy atom. The van der Waals surface area contributed by atoms with E-state index in [9.17, 15) is 4.79 Å². The van der Waals surface area contributed by atoms with Crippen molar-refractivity contribution in [2.45, 2.75) is 6.10 Å². The summed E-state index contributed by atoms with van der Waals surface area (Å²) < 4.78 is 10.4. The van der Waals surface area contributed by atoms with E-state index in [1.54, 1.807) is 0 Å². The second kappa shape index (κ2) is 4.78. The quantitative estimate of drug-likeness (QED) is 0.781. The molecule has 1 unspecified atom stereocenters. The summed E-state index contributed by atoms with van der Waals surface area (Å²) in [6, 6.07) is 1.49. The number of nitrogens with two attached hydrogens (primary N) is 1. The first kappa shape index (κ1) is 11.3. The van der Waals surface area contributed by atoms with Gasteiger partial charge in [-0.3, -0.25) is 4.79 Å². The van der Waals surface area contributed by atoms with Crippen molar-refractivity contribution in [3.63, 3.8) is 0 Å². The van der Waals surface area contributed by atoms with Gasteiger partial charge < -0.3 is 15.2 Å². The molecule has 2 heterocycles. The summed E-state index contributed by atoms with van der Waals surface area (Å²) in [6.07, 6.45) is 0.780. The predicted molar refractivity (Wildman–Crippen MR) is 58.5 cm³/mol. The third kappa shape index (κ3) is 2.32. The summed E-state index contributed by atoms with van der Waals surface area (Å²) in [5.41, 5.74) is 5.89. The highest BCUT2D eigenvalue weighted by Gasteiger charge is 2.25. The van der Waals surface area contributed by atoms with Crippen LogP contribution in [0.4, 0.5) is 5.82 Å². The molecule has 0 bridgehead atoms. The summed E-state index contributed by atoms with van der Waals surface area (Å²) in [4.78, 5) is 15.8. The number of ketones is 1. The van der Waals surface area contributed by atoms with Crippen LogP contribution in [0.3, 0.4) is 0 Å². The Bertz CT molecular complexity index is 405. The zero-order chi connectivity index (χ0) is 11.5. The van der Waals surface area contributed by atoms with Crippen molar-refractivity contribution in [3.05, 3.63) is 22.8 Å². The van der Waals surface area contributed by atoms with E-state index in [1.165, 1.54) is 12.3 Å². The van der Waals surface area contributed by atoms with Gasteiger partial charge in [-0.05, 0) is 6.07 Å². The lowest BCUT2D eigenvalue weighted by Crippen LogP contribution is -2.35. The van der Waals surface area contributed by atoms with Crippen LogP contribution in [-0.2, 0) is 9.47 Å². The summed E-state index contributed by atoms with van der Waals surface area (Å²) >= 11 is 5.76. The molecule has 0 radical (unpaired) electrons. The van der Waals surface area contributed by atoms with E-state index in [1.807, 2.05) is 0 Å². The molecule has 16 heavy (non-hydrogen) atoms. The number of Topliss-reactive ketones (excluding diaryl/α,β-unsaturated/α-hetero) is 1. The lowest BCUT2D eigenvalue weighted by atomic mass is 10.1. The Hall–Kier alpha value is -1.17. The van der Waals surface area contributed by atoms with Crippen LogP contribution < -0.4 is 5.73 Å². The largest absolute Gasteiger partial charge is 0.383 e. The number of halogens is 1. The average molecular weight is 243 g/mol. The van der Waals surface area contributed by atoms with Crippen LogP contribution >= 0.6 is 11.6 Å². The molecule has 1 fully saturated rings. The fourth-order valence-electron chi connectivity index (χ4n) is 1.46. The minimum Gasteiger partial charge on any atom is -0.383 e. The highest BCUT2D eigenvalue weighted by Crippen LogP contribution is 2.18. The van der Waals surface area contributed by atoms with Crippen LogP contribution in [0.15, 0.2) is 12.3 Å². The van der Waals surface area contributed by atoms with Crippen LogP contribution in [0.1, 0.15) is 10.4 Å². The monoisotopic (exact) mass is 242 g/mol. The fraction of sp³-hybridized carbons (Fsp3) is 0.400. The molecule has 0 amide bonds. The van der Waals surface area contributed by atoms with Crippen molar-refractivity contribution >= 4 is 23.2 Å². The zero-order valence-corrected chi connectivity index (χ0v) is 9.24. The molecule has 6 heteroatoms. The first-order valence-electron chi connectivity index (χ1n) is 4.83. The Morgan fingerprint density at radius 2 is 2.38 bits per heavy atom. The van der Waals surface area contributed by atoms with Gasteiger partial charge in [0.25, 0.3) is 0 Å². The van der Waals surface area contributed by atoms with Crippen molar-refractivity contribution in [3.8, 4) is 0 Å². The van der Waals surface area contributed by atoms with Crippen molar-refractivity contribution in [2.75, 3.05) is 25.6 Å². The average Bonchev–Trinajstić information content (AvgIpc) is 2.32. The van der Waals surface area contributed by atoms with Gasteiger partial charge in [0, 0.05) is 6.20 Å². The van der Waals surface area contributed by atoms with E-state index in [0.717, 1.165) is 0 Å². The summed E-state index contributed by atoms with van der Waals surface area (Å²) in [7, 11) is 0. The topological polar surface area (TPSA) is 74.4 Å². The number of anilines is 1. The Morgan fingerprint density at radius 1 is 1.56 bits per heavy atom. The van der Waals surface area contributed by atoms with Gasteiger partial charge in [-0.15, -0.1) is 0 Å². The molecule has 0 aliphatic carbocycles. The van der Waals surface area contributed by atoms with E-state index in [4.69, 9.17) is 26.8 Å². The number of hydrogen-bond acceptors (Lipinski definition) is 5. The molecule has 1 atom stereocenters. The van der Waals surface area contributed by atoms with Crippen LogP contribution in [0, 0.1) is 0 Å². The minimum atomic E-state index is -0.615. The molecule has 1 aliphatic rings. The number of nitrogen functional groups attached to an aromatic ring is 1. The van der Waals surface area contributed by atoms with Gasteiger partial charge in [-0.25, -0.2) is 4.98 Å². The summed E-state index contributed by atoms with van der Waals surface area (Å²) in [5.74, 6) is -0.0872. The predicted octanol–water partition coefficient (Wildman–Crippen LogP) is 0.915. The normalized spacial score (nSPS) is 20.7. The molecule has 1 aromatic heterocycles. The molecule has 2 rings (SSSR count). The van der Waals surface area contributed by atoms with E-state index >= 15 is 0 Å². The maximum absolute atomic E-state index is 12.0. The molecular formula is C10H11ClN2O3. The molecule has 0 aromatic carbocycles. The molecule has 0 saturated carbocycles. The molecule has 1 aromatic rings. The van der Waals surface area contributed by atoms with E-state index in [-0.39, 0.29) is 23.8 Å². The molecule has 2 N–H and O–H groups in total. The molecular weight excluding hydrogens is 232 g/mol. The van der Waals surface area contributed by atoms with Gasteiger partial charge in [0.2, 0.25) is 0 Å². The van der Waals surface area contributed by atoms with E-state index in [0.29, 0.717) is 18.2 Å². The summed E-state index contributed by atoms with van der Waals surface area (Å²) in [6.45, 7) is 1.15. The van der Waals surface area contributed by atoms with Crippen LogP contribution in [0.5, 0.6) is 0 Å². The smallest absolute Gasteiger partial charge is 0.197 e. The summed E-state index contributed by atoms with van der Waals surface area (Å²) in [5, 5.41) is 0.370. The second-order valence-electron chi connectivity index (χ2n) is 3.38. The van der Waals surface area contributed by atoms with Crippen molar-refractivity contribution in [2.24, 2.45) is 0 Å². The molecule has 0 spiro atoms. The number of aromatic nitrogens is 1. The zero-order valence-electron chi connectivity index (χ0n) is 8.48. The van der Waals surface area contributed by atoms with Crippen LogP contribution in [0.2, 0.25) is 5.02 Å². The van der Waals surface area contributed by atoms with Gasteiger partial charge in [0.1, 0.15) is 11.9 Å². The minimum absolute atomic E-state index is 0.156. The number of ether oxygens (including phenoxy) is 2. The standard InChI is InChI=1S/C10H11ClN2O3/c11-6-3-7(10(12)13-4-6)9(14)8-5-15-1-2-16-8/h3-4,8H,1-2,5H2,(H2,12,13). The van der Waals surface area contributed by atoms with Crippen molar-refractivity contribution in [1.82, 2.24) is 4.98 Å². The fourth-order valence-corrected chi connectivity index (χ4v) is 1.62. The lowest BCUT2D eigenvalue weighted by Gasteiger charge is -2.22. The maximum Gasteiger partial charge on any atom is 0.197 e. The number of carbonyl (C=O) groups is 1. The Balaban J connectivity index is 2.22. The van der Waals surface area contributed by atoms with E-state index in [2.05, 4.69) is 4.98 Å². The maximum atomic E-state index is 12.0.